The van der Waals surface area contributed by atoms with Gasteiger partial charge in [0.25, 0.3) is 0 Å². The number of aromatic nitrogens is 4. The Labute approximate surface area is 192 Å². The van der Waals surface area contributed by atoms with Crippen molar-refractivity contribution in [3.05, 3.63) is 30.3 Å². The first-order valence-corrected chi connectivity index (χ1v) is 11.0. The molecule has 1 aliphatic heterocycles. The highest BCUT2D eigenvalue weighted by molar-refractivity contribution is 5.89. The first-order chi connectivity index (χ1) is 15.9. The lowest BCUT2D eigenvalue weighted by molar-refractivity contribution is -0.149. The van der Waals surface area contributed by atoms with Crippen LogP contribution in [0.1, 0.15) is 39.7 Å². The maximum atomic E-state index is 12.3. The van der Waals surface area contributed by atoms with Crippen LogP contribution in [-0.4, -0.2) is 52.9 Å². The molecule has 1 saturated heterocycles. The lowest BCUT2D eigenvalue weighted by Crippen LogP contribution is -2.30. The van der Waals surface area contributed by atoms with Gasteiger partial charge in [-0.3, -0.25) is 4.68 Å². The van der Waals surface area contributed by atoms with Gasteiger partial charge in [0.05, 0.1) is 22.7 Å². The fourth-order valence-corrected chi connectivity index (χ4v) is 3.64. The quantitative estimate of drug-likeness (QED) is 0.410. The Morgan fingerprint density at radius 3 is 2.70 bits per heavy atom. The van der Waals surface area contributed by atoms with Crippen molar-refractivity contribution in [2.75, 3.05) is 32.5 Å². The Morgan fingerprint density at radius 2 is 1.97 bits per heavy atom. The zero-order valence-corrected chi connectivity index (χ0v) is 19.4. The highest BCUT2D eigenvalue weighted by Gasteiger charge is 2.26. The third kappa shape index (κ3) is 5.07. The predicted molar refractivity (Wildman–Crippen MR) is 124 cm³/mol. The highest BCUT2D eigenvalue weighted by atomic mass is 16.7. The van der Waals surface area contributed by atoms with Crippen LogP contribution in [0, 0.1) is 5.41 Å². The standard InChI is InChI=1S/C23H30N6O4/c1-23(2,3)22(30)33-28-21-20-18(29(27-21)15-9-11-24-12-10-15)13-17(25-26-20)16-7-5-6-8-19(16)32-14-31-4/h5-8,13,15,24H,9-12,14H2,1-4H3,(H,27,28). The molecule has 3 heterocycles. The molecule has 10 nitrogen and oxygen atoms in total. The molecule has 2 aromatic heterocycles. The largest absolute Gasteiger partial charge is 0.467 e. The zero-order valence-electron chi connectivity index (χ0n) is 19.4. The maximum Gasteiger partial charge on any atom is 0.337 e. The molecule has 0 aliphatic carbocycles. The molecule has 1 aromatic carbocycles. The van der Waals surface area contributed by atoms with Crippen molar-refractivity contribution < 1.29 is 19.1 Å². The van der Waals surface area contributed by atoms with Gasteiger partial charge in [0.15, 0.2) is 12.3 Å². The normalized spacial score (nSPS) is 14.9. The number of fused-ring (bicyclic) bond motifs is 1. The van der Waals surface area contributed by atoms with Crippen molar-refractivity contribution in [2.24, 2.45) is 5.41 Å². The lowest BCUT2D eigenvalue weighted by Gasteiger charge is -2.23. The summed E-state index contributed by atoms with van der Waals surface area (Å²) in [6.45, 7) is 7.32. The Hall–Kier alpha value is -3.24. The van der Waals surface area contributed by atoms with Crippen LogP contribution in [0.15, 0.2) is 30.3 Å². The van der Waals surface area contributed by atoms with E-state index in [1.165, 1.54) is 0 Å². The molecule has 176 valence electrons. The molecule has 0 spiro atoms. The van der Waals surface area contributed by atoms with E-state index >= 15 is 0 Å². The van der Waals surface area contributed by atoms with Crippen LogP contribution in [-0.2, 0) is 14.4 Å². The van der Waals surface area contributed by atoms with Crippen molar-refractivity contribution >= 4 is 22.8 Å². The number of ether oxygens (including phenoxy) is 2. The van der Waals surface area contributed by atoms with Crippen LogP contribution in [0.2, 0.25) is 0 Å². The first kappa shape index (κ1) is 22.9. The predicted octanol–water partition coefficient (Wildman–Crippen LogP) is 3.32. The molecule has 0 unspecified atom stereocenters. The smallest absolute Gasteiger partial charge is 0.337 e. The summed E-state index contributed by atoms with van der Waals surface area (Å²) in [4.78, 5) is 17.6. The molecule has 1 fully saturated rings. The van der Waals surface area contributed by atoms with E-state index in [9.17, 15) is 4.79 Å². The second-order valence-electron chi connectivity index (χ2n) is 9.03. The van der Waals surface area contributed by atoms with Gasteiger partial charge in [-0.05, 0) is 64.9 Å². The number of carbonyl (C=O) groups excluding carboxylic acids is 1. The number of nitrogens with zero attached hydrogens (tertiary/aromatic N) is 4. The monoisotopic (exact) mass is 454 g/mol. The summed E-state index contributed by atoms with van der Waals surface area (Å²) in [7, 11) is 1.58. The first-order valence-electron chi connectivity index (χ1n) is 11.0. The zero-order chi connectivity index (χ0) is 23.4. The molecule has 0 atom stereocenters. The number of piperidine rings is 1. The molecule has 4 rings (SSSR count). The van der Waals surface area contributed by atoms with E-state index < -0.39 is 5.41 Å². The molecule has 2 N–H and O–H groups in total. The summed E-state index contributed by atoms with van der Waals surface area (Å²) >= 11 is 0. The second kappa shape index (κ2) is 9.72. The lowest BCUT2D eigenvalue weighted by atomic mass is 9.98. The highest BCUT2D eigenvalue weighted by Crippen LogP contribution is 2.33. The minimum atomic E-state index is -0.648. The van der Waals surface area contributed by atoms with Crippen molar-refractivity contribution in [2.45, 2.75) is 39.7 Å². The number of methoxy groups -OCH3 is 1. The molecule has 0 saturated carbocycles. The number of carbonyl (C=O) groups is 1. The van der Waals surface area contributed by atoms with Crippen molar-refractivity contribution in [3.63, 3.8) is 0 Å². The topological polar surface area (TPSA) is 112 Å². The summed E-state index contributed by atoms with van der Waals surface area (Å²) < 4.78 is 12.7. The van der Waals surface area contributed by atoms with Crippen LogP contribution in [0.5, 0.6) is 5.75 Å². The average Bonchev–Trinajstić information content (AvgIpc) is 3.19. The van der Waals surface area contributed by atoms with Crippen LogP contribution in [0.4, 0.5) is 5.82 Å². The molecule has 0 radical (unpaired) electrons. The second-order valence-corrected chi connectivity index (χ2v) is 9.03. The number of hydrogen-bond acceptors (Lipinski definition) is 9. The van der Waals surface area contributed by atoms with Gasteiger partial charge in [-0.1, -0.05) is 12.1 Å². The molecule has 3 aromatic rings. The Kier molecular flexibility index (Phi) is 6.75. The third-order valence-corrected chi connectivity index (χ3v) is 5.46. The number of anilines is 1. The fraction of sp³-hybridized carbons (Fsp3) is 0.478. The number of hydrogen-bond donors (Lipinski definition) is 2. The number of rotatable bonds is 7. The molecule has 0 bridgehead atoms. The number of benzene rings is 1. The Balaban J connectivity index is 1.74. The van der Waals surface area contributed by atoms with Crippen molar-refractivity contribution in [1.29, 1.82) is 0 Å². The van der Waals surface area contributed by atoms with Crippen LogP contribution in [0.3, 0.4) is 0 Å². The maximum absolute atomic E-state index is 12.3. The number of nitrogens with one attached hydrogen (secondary N) is 2. The van der Waals surface area contributed by atoms with Crippen LogP contribution >= 0.6 is 0 Å². The molecular formula is C23H30N6O4. The molecule has 0 amide bonds. The minimum absolute atomic E-state index is 0.132. The van der Waals surface area contributed by atoms with E-state index in [4.69, 9.17) is 19.4 Å². The number of para-hydroxylation sites is 1. The minimum Gasteiger partial charge on any atom is -0.467 e. The van der Waals surface area contributed by atoms with Crippen LogP contribution < -0.4 is 15.5 Å². The van der Waals surface area contributed by atoms with Gasteiger partial charge >= 0.3 is 5.97 Å². The summed E-state index contributed by atoms with van der Waals surface area (Å²) in [5.74, 6) is 0.628. The molecule has 10 heteroatoms. The summed E-state index contributed by atoms with van der Waals surface area (Å²) in [5, 5.41) is 17.0. The van der Waals surface area contributed by atoms with E-state index in [1.54, 1.807) is 27.9 Å². The third-order valence-electron chi connectivity index (χ3n) is 5.46. The van der Waals surface area contributed by atoms with E-state index in [0.29, 0.717) is 22.8 Å². The SMILES string of the molecule is COCOc1ccccc1-c1cc2c(nn1)c(NOC(=O)C(C)(C)C)nn2C1CCNCC1. The van der Waals surface area contributed by atoms with Gasteiger partial charge in [0.2, 0.25) is 5.82 Å². The van der Waals surface area contributed by atoms with E-state index in [0.717, 1.165) is 37.0 Å². The van der Waals surface area contributed by atoms with Gasteiger partial charge in [0, 0.05) is 12.7 Å². The van der Waals surface area contributed by atoms with Gasteiger partial charge in [0.1, 0.15) is 5.75 Å². The molecule has 1 aliphatic rings. The van der Waals surface area contributed by atoms with Gasteiger partial charge in [-0.25, -0.2) is 4.79 Å². The van der Waals surface area contributed by atoms with E-state index in [-0.39, 0.29) is 18.8 Å². The van der Waals surface area contributed by atoms with E-state index in [1.807, 2.05) is 35.0 Å². The Morgan fingerprint density at radius 1 is 1.21 bits per heavy atom. The molecular weight excluding hydrogens is 424 g/mol. The van der Waals surface area contributed by atoms with Crippen molar-refractivity contribution in [1.82, 2.24) is 25.3 Å². The molecule has 33 heavy (non-hydrogen) atoms. The van der Waals surface area contributed by atoms with Gasteiger partial charge < -0.3 is 19.6 Å². The summed E-state index contributed by atoms with van der Waals surface area (Å²) in [6, 6.07) is 9.75. The fourth-order valence-electron chi connectivity index (χ4n) is 3.64. The van der Waals surface area contributed by atoms with Gasteiger partial charge in [-0.2, -0.15) is 5.48 Å². The summed E-state index contributed by atoms with van der Waals surface area (Å²) in [6.07, 6.45) is 1.87. The van der Waals surface area contributed by atoms with Crippen LogP contribution in [0.25, 0.3) is 22.3 Å². The van der Waals surface area contributed by atoms with E-state index in [2.05, 4.69) is 21.0 Å². The summed E-state index contributed by atoms with van der Waals surface area (Å²) in [5.41, 5.74) is 4.86. The van der Waals surface area contributed by atoms with Gasteiger partial charge in [-0.15, -0.1) is 15.3 Å². The van der Waals surface area contributed by atoms with Crippen molar-refractivity contribution in [3.8, 4) is 17.0 Å². The Bertz CT molecular complexity index is 1120. The average molecular weight is 455 g/mol.